The lowest BCUT2D eigenvalue weighted by Gasteiger charge is -2.19. The molecule has 1 N–H and O–H groups in total. The summed E-state index contributed by atoms with van der Waals surface area (Å²) in [7, 11) is -1.64. The van der Waals surface area contributed by atoms with Crippen LogP contribution in [0.1, 0.15) is 38.2 Å². The third kappa shape index (κ3) is 3.81. The zero-order chi connectivity index (χ0) is 14.5. The minimum Gasteiger partial charge on any atom is -0.464 e. The maximum Gasteiger partial charge on any atom is 0.246 e. The highest BCUT2D eigenvalue weighted by atomic mass is 32.2. The van der Waals surface area contributed by atoms with Crippen LogP contribution in [-0.4, -0.2) is 32.9 Å². The quantitative estimate of drug-likeness (QED) is 0.796. The number of nitrogens with zero attached hydrogens (tertiary/aromatic N) is 1. The number of nitrogens with one attached hydrogen (secondary N) is 1. The van der Waals surface area contributed by atoms with Crippen LogP contribution in [0, 0.1) is 6.92 Å². The summed E-state index contributed by atoms with van der Waals surface area (Å²) >= 11 is 0. The second-order valence-corrected chi connectivity index (χ2v) is 6.42. The van der Waals surface area contributed by atoms with Gasteiger partial charge in [-0.25, -0.2) is 8.42 Å². The highest BCUT2D eigenvalue weighted by Crippen LogP contribution is 2.23. The molecule has 0 fully saturated rings. The Kier molecular flexibility index (Phi) is 6.03. The fourth-order valence-corrected chi connectivity index (χ4v) is 3.64. The van der Waals surface area contributed by atoms with Crippen LogP contribution in [0.5, 0.6) is 0 Å². The van der Waals surface area contributed by atoms with Crippen LogP contribution >= 0.6 is 0 Å². The first kappa shape index (κ1) is 16.2. The normalized spacial score (nSPS) is 12.3. The largest absolute Gasteiger partial charge is 0.464 e. The molecule has 0 spiro atoms. The van der Waals surface area contributed by atoms with E-state index < -0.39 is 10.0 Å². The Balaban J connectivity index is 3.03. The molecule has 0 aliphatic carbocycles. The molecule has 0 bridgehead atoms. The van der Waals surface area contributed by atoms with E-state index >= 15 is 0 Å². The van der Waals surface area contributed by atoms with Gasteiger partial charge >= 0.3 is 0 Å². The van der Waals surface area contributed by atoms with Gasteiger partial charge in [0.1, 0.15) is 16.4 Å². The second kappa shape index (κ2) is 7.07. The Labute approximate surface area is 116 Å². The van der Waals surface area contributed by atoms with Crippen LogP contribution in [0.2, 0.25) is 0 Å². The predicted molar refractivity (Wildman–Crippen MR) is 75.5 cm³/mol. The second-order valence-electron chi connectivity index (χ2n) is 4.51. The molecule has 0 aliphatic rings. The van der Waals surface area contributed by atoms with Crippen LogP contribution in [0.4, 0.5) is 0 Å². The standard InChI is InChI=1S/C13H24N2O3S/c1-5-7-8-15(6-2)19(16,17)13-9-12(10-14-4)18-11(13)3/h9,14H,5-8,10H2,1-4H3. The average Bonchev–Trinajstić information content (AvgIpc) is 2.72. The number of aryl methyl sites for hydroxylation is 1. The van der Waals surface area contributed by atoms with E-state index in [-0.39, 0.29) is 4.90 Å². The highest BCUT2D eigenvalue weighted by molar-refractivity contribution is 7.89. The van der Waals surface area contributed by atoms with Crippen LogP contribution < -0.4 is 5.32 Å². The molecular formula is C13H24N2O3S. The van der Waals surface area contributed by atoms with Crippen LogP contribution in [0.3, 0.4) is 0 Å². The SMILES string of the molecule is CCCCN(CC)S(=O)(=O)c1cc(CNC)oc1C. The number of sulfonamides is 1. The molecule has 0 aromatic carbocycles. The van der Waals surface area contributed by atoms with Crippen molar-refractivity contribution in [1.29, 1.82) is 0 Å². The molecule has 1 aromatic heterocycles. The van der Waals surface area contributed by atoms with Gasteiger partial charge in [-0.05, 0) is 20.4 Å². The highest BCUT2D eigenvalue weighted by Gasteiger charge is 2.27. The molecule has 0 amide bonds. The topological polar surface area (TPSA) is 62.6 Å². The van der Waals surface area contributed by atoms with Gasteiger partial charge < -0.3 is 9.73 Å². The minimum atomic E-state index is -3.44. The molecule has 0 unspecified atom stereocenters. The van der Waals surface area contributed by atoms with E-state index in [0.29, 0.717) is 31.2 Å². The lowest BCUT2D eigenvalue weighted by Crippen LogP contribution is -2.32. The third-order valence-corrected chi connectivity index (χ3v) is 5.09. The van der Waals surface area contributed by atoms with Crippen molar-refractivity contribution in [1.82, 2.24) is 9.62 Å². The van der Waals surface area contributed by atoms with E-state index in [9.17, 15) is 8.42 Å². The van der Waals surface area contributed by atoms with Gasteiger partial charge in [-0.15, -0.1) is 0 Å². The molecule has 5 nitrogen and oxygen atoms in total. The van der Waals surface area contributed by atoms with Gasteiger partial charge in [0.15, 0.2) is 0 Å². The van der Waals surface area contributed by atoms with E-state index in [1.807, 2.05) is 6.92 Å². The molecule has 110 valence electrons. The van der Waals surface area contributed by atoms with Gasteiger partial charge in [0.05, 0.1) is 6.54 Å². The van der Waals surface area contributed by atoms with E-state index in [0.717, 1.165) is 12.8 Å². The fourth-order valence-electron chi connectivity index (χ4n) is 1.96. The van der Waals surface area contributed by atoms with Crippen LogP contribution in [0.15, 0.2) is 15.4 Å². The molecule has 0 atom stereocenters. The summed E-state index contributed by atoms with van der Waals surface area (Å²) in [4.78, 5) is 0.288. The average molecular weight is 288 g/mol. The molecule has 1 rings (SSSR count). The molecule has 6 heteroatoms. The zero-order valence-electron chi connectivity index (χ0n) is 12.2. The van der Waals surface area contributed by atoms with Crippen molar-refractivity contribution in [2.24, 2.45) is 0 Å². The summed E-state index contributed by atoms with van der Waals surface area (Å²) in [5.74, 6) is 1.10. The van der Waals surface area contributed by atoms with Crippen molar-refractivity contribution in [3.63, 3.8) is 0 Å². The maximum absolute atomic E-state index is 12.6. The van der Waals surface area contributed by atoms with Crippen molar-refractivity contribution in [2.45, 2.75) is 45.1 Å². The van der Waals surface area contributed by atoms with Gasteiger partial charge in [-0.3, -0.25) is 0 Å². The number of hydrogen-bond donors (Lipinski definition) is 1. The number of rotatable bonds is 8. The van der Waals surface area contributed by atoms with E-state index in [4.69, 9.17) is 4.42 Å². The maximum atomic E-state index is 12.6. The Morgan fingerprint density at radius 2 is 2.05 bits per heavy atom. The molecule has 0 radical (unpaired) electrons. The Bertz CT molecular complexity index is 494. The molecule has 1 heterocycles. The summed E-state index contributed by atoms with van der Waals surface area (Å²) in [6.45, 7) is 7.17. The van der Waals surface area contributed by atoms with E-state index in [1.54, 1.807) is 20.0 Å². The van der Waals surface area contributed by atoms with Gasteiger partial charge in [0.2, 0.25) is 10.0 Å². The lowest BCUT2D eigenvalue weighted by molar-refractivity contribution is 0.415. The predicted octanol–water partition coefficient (Wildman–Crippen LogP) is 2.12. The molecule has 1 aromatic rings. The molecular weight excluding hydrogens is 264 g/mol. The van der Waals surface area contributed by atoms with Gasteiger partial charge in [0.25, 0.3) is 0 Å². The fraction of sp³-hybridized carbons (Fsp3) is 0.692. The van der Waals surface area contributed by atoms with Crippen molar-refractivity contribution in [3.05, 3.63) is 17.6 Å². The number of hydrogen-bond acceptors (Lipinski definition) is 4. The summed E-state index contributed by atoms with van der Waals surface area (Å²) in [6.07, 6.45) is 1.84. The van der Waals surface area contributed by atoms with Crippen LogP contribution in [-0.2, 0) is 16.6 Å². The lowest BCUT2D eigenvalue weighted by atomic mass is 10.3. The zero-order valence-corrected chi connectivity index (χ0v) is 13.0. The van der Waals surface area contributed by atoms with E-state index in [2.05, 4.69) is 12.2 Å². The Morgan fingerprint density at radius 3 is 2.58 bits per heavy atom. The number of furan rings is 1. The molecule has 19 heavy (non-hydrogen) atoms. The first-order chi connectivity index (χ1) is 8.97. The first-order valence-electron chi connectivity index (χ1n) is 6.71. The van der Waals surface area contributed by atoms with Gasteiger partial charge in [-0.1, -0.05) is 20.3 Å². The summed E-state index contributed by atoms with van der Waals surface area (Å²) in [5.41, 5.74) is 0. The summed E-state index contributed by atoms with van der Waals surface area (Å²) < 4.78 is 32.1. The van der Waals surface area contributed by atoms with E-state index in [1.165, 1.54) is 4.31 Å². The monoisotopic (exact) mass is 288 g/mol. The Morgan fingerprint density at radius 1 is 1.37 bits per heavy atom. The van der Waals surface area contributed by atoms with Gasteiger partial charge in [0, 0.05) is 19.2 Å². The minimum absolute atomic E-state index is 0.288. The van der Waals surface area contributed by atoms with Crippen molar-refractivity contribution in [2.75, 3.05) is 20.1 Å². The Hall–Kier alpha value is -0.850. The van der Waals surface area contributed by atoms with Crippen molar-refractivity contribution < 1.29 is 12.8 Å². The van der Waals surface area contributed by atoms with Crippen LogP contribution in [0.25, 0.3) is 0 Å². The van der Waals surface area contributed by atoms with Crippen molar-refractivity contribution in [3.8, 4) is 0 Å². The number of unbranched alkanes of at least 4 members (excludes halogenated alkanes) is 1. The summed E-state index contributed by atoms with van der Waals surface area (Å²) in [6, 6.07) is 1.62. The van der Waals surface area contributed by atoms with Gasteiger partial charge in [-0.2, -0.15) is 4.31 Å². The smallest absolute Gasteiger partial charge is 0.246 e. The molecule has 0 saturated carbocycles. The third-order valence-electron chi connectivity index (χ3n) is 3.01. The molecule has 0 saturated heterocycles. The summed E-state index contributed by atoms with van der Waals surface area (Å²) in [5, 5.41) is 2.95. The first-order valence-corrected chi connectivity index (χ1v) is 8.15. The molecule has 0 aliphatic heterocycles. The van der Waals surface area contributed by atoms with Crippen molar-refractivity contribution >= 4 is 10.0 Å².